The molecule has 0 fully saturated rings. The summed E-state index contributed by atoms with van der Waals surface area (Å²) in [5, 5.41) is 5.79. The average molecular weight is 320 g/mol. The van der Waals surface area contributed by atoms with Crippen molar-refractivity contribution in [3.63, 3.8) is 0 Å². The van der Waals surface area contributed by atoms with Gasteiger partial charge in [0, 0.05) is 11.4 Å². The Morgan fingerprint density at radius 2 is 1.70 bits per heavy atom. The number of carbonyl (C=O) groups excluding carboxylic acids is 1. The van der Waals surface area contributed by atoms with E-state index in [-0.39, 0.29) is 18.2 Å². The van der Waals surface area contributed by atoms with Crippen molar-refractivity contribution in [2.45, 2.75) is 20.5 Å². The summed E-state index contributed by atoms with van der Waals surface area (Å²) in [4.78, 5) is 11.9. The number of ether oxygens (including phenoxy) is 1. The highest BCUT2D eigenvalue weighted by Gasteiger charge is 2.07. The first-order valence-electron chi connectivity index (χ1n) is 7.10. The van der Waals surface area contributed by atoms with E-state index in [1.54, 1.807) is 0 Å². The number of benzene rings is 2. The van der Waals surface area contributed by atoms with Crippen molar-refractivity contribution in [1.29, 1.82) is 0 Å². The van der Waals surface area contributed by atoms with Crippen LogP contribution in [-0.2, 0) is 4.79 Å². The molecule has 0 bridgehead atoms. The molecule has 0 spiro atoms. The minimum absolute atomic E-state index is 0.0478. The zero-order valence-corrected chi connectivity index (χ0v) is 12.9. The monoisotopic (exact) mass is 320 g/mol. The van der Waals surface area contributed by atoms with Gasteiger partial charge in [0.05, 0.1) is 6.54 Å². The van der Waals surface area contributed by atoms with Crippen molar-refractivity contribution in [2.75, 3.05) is 17.2 Å². The maximum absolute atomic E-state index is 12.1. The van der Waals surface area contributed by atoms with Crippen LogP contribution in [-0.4, -0.2) is 19.1 Å². The van der Waals surface area contributed by atoms with E-state index in [0.29, 0.717) is 5.69 Å². The molecule has 0 radical (unpaired) electrons. The van der Waals surface area contributed by atoms with Gasteiger partial charge in [-0.05, 0) is 49.2 Å². The Balaban J connectivity index is 1.90. The number of hydrogen-bond donors (Lipinski definition) is 2. The SMILES string of the molecule is Cc1cccc(C)c1NCC(=O)Nc1ccc(OC(F)F)cc1. The van der Waals surface area contributed by atoms with Crippen LogP contribution in [0.5, 0.6) is 5.75 Å². The molecule has 122 valence electrons. The van der Waals surface area contributed by atoms with Gasteiger partial charge >= 0.3 is 6.61 Å². The Morgan fingerprint density at radius 3 is 2.26 bits per heavy atom. The van der Waals surface area contributed by atoms with E-state index in [4.69, 9.17) is 0 Å². The smallest absolute Gasteiger partial charge is 0.387 e. The molecule has 2 rings (SSSR count). The van der Waals surface area contributed by atoms with E-state index < -0.39 is 6.61 Å². The van der Waals surface area contributed by atoms with Crippen molar-refractivity contribution < 1.29 is 18.3 Å². The molecular weight excluding hydrogens is 302 g/mol. The first-order chi connectivity index (χ1) is 11.0. The number of carbonyl (C=O) groups is 1. The lowest BCUT2D eigenvalue weighted by atomic mass is 10.1. The predicted octanol–water partition coefficient (Wildman–Crippen LogP) is 3.96. The highest BCUT2D eigenvalue weighted by atomic mass is 19.3. The van der Waals surface area contributed by atoms with Gasteiger partial charge in [-0.1, -0.05) is 18.2 Å². The molecule has 0 saturated carbocycles. The summed E-state index contributed by atoms with van der Waals surface area (Å²) < 4.78 is 28.4. The molecule has 0 saturated heterocycles. The van der Waals surface area contributed by atoms with Crippen molar-refractivity contribution >= 4 is 17.3 Å². The molecule has 0 aliphatic rings. The number of aryl methyl sites for hydroxylation is 2. The molecule has 2 N–H and O–H groups in total. The Kier molecular flexibility index (Phi) is 5.51. The number of amides is 1. The topological polar surface area (TPSA) is 50.4 Å². The summed E-state index contributed by atoms with van der Waals surface area (Å²) in [7, 11) is 0. The van der Waals surface area contributed by atoms with Crippen molar-refractivity contribution in [3.05, 3.63) is 53.6 Å². The van der Waals surface area contributed by atoms with E-state index in [2.05, 4.69) is 15.4 Å². The summed E-state index contributed by atoms with van der Waals surface area (Å²) in [6.45, 7) is 1.18. The van der Waals surface area contributed by atoms with Crippen molar-refractivity contribution in [2.24, 2.45) is 0 Å². The van der Waals surface area contributed by atoms with E-state index in [0.717, 1.165) is 16.8 Å². The van der Waals surface area contributed by atoms with Crippen LogP contribution < -0.4 is 15.4 Å². The molecule has 2 aromatic carbocycles. The number of rotatable bonds is 6. The lowest BCUT2D eigenvalue weighted by Crippen LogP contribution is -2.22. The zero-order valence-electron chi connectivity index (χ0n) is 12.9. The maximum Gasteiger partial charge on any atom is 0.387 e. The van der Waals surface area contributed by atoms with E-state index in [9.17, 15) is 13.6 Å². The van der Waals surface area contributed by atoms with Crippen LogP contribution in [0.1, 0.15) is 11.1 Å². The minimum Gasteiger partial charge on any atom is -0.435 e. The van der Waals surface area contributed by atoms with Crippen LogP contribution in [0.4, 0.5) is 20.2 Å². The maximum atomic E-state index is 12.1. The fraction of sp³-hybridized carbons (Fsp3) is 0.235. The fourth-order valence-electron chi connectivity index (χ4n) is 2.19. The Morgan fingerprint density at radius 1 is 1.09 bits per heavy atom. The number of alkyl halides is 2. The third kappa shape index (κ3) is 4.95. The summed E-state index contributed by atoms with van der Waals surface area (Å²) >= 11 is 0. The average Bonchev–Trinajstić information content (AvgIpc) is 2.48. The Hall–Kier alpha value is -2.63. The van der Waals surface area contributed by atoms with Gasteiger partial charge in [-0.3, -0.25) is 4.79 Å². The standard InChI is InChI=1S/C17H18F2N2O2/c1-11-4-3-5-12(2)16(11)20-10-15(22)21-13-6-8-14(9-7-13)23-17(18)19/h3-9,17,20H,10H2,1-2H3,(H,21,22). The van der Waals surface area contributed by atoms with Gasteiger partial charge in [-0.15, -0.1) is 0 Å². The molecule has 0 aliphatic heterocycles. The number of anilines is 2. The summed E-state index contributed by atoms with van der Waals surface area (Å²) in [5.74, 6) is -0.179. The van der Waals surface area contributed by atoms with E-state index >= 15 is 0 Å². The second kappa shape index (κ2) is 7.58. The first kappa shape index (κ1) is 16.7. The molecule has 1 amide bonds. The lowest BCUT2D eigenvalue weighted by Gasteiger charge is -2.13. The molecule has 2 aromatic rings. The lowest BCUT2D eigenvalue weighted by molar-refractivity contribution is -0.114. The van der Waals surface area contributed by atoms with Crippen LogP contribution >= 0.6 is 0 Å². The van der Waals surface area contributed by atoms with Crippen LogP contribution in [0.15, 0.2) is 42.5 Å². The van der Waals surface area contributed by atoms with Crippen molar-refractivity contribution in [1.82, 2.24) is 0 Å². The number of nitrogens with one attached hydrogen (secondary N) is 2. The molecular formula is C17H18F2N2O2. The Labute approximate surface area is 133 Å². The summed E-state index contributed by atoms with van der Waals surface area (Å²) in [5.41, 5.74) is 3.57. The second-order valence-electron chi connectivity index (χ2n) is 5.07. The normalized spacial score (nSPS) is 10.5. The van der Waals surface area contributed by atoms with Gasteiger partial charge in [0.25, 0.3) is 0 Å². The van der Waals surface area contributed by atoms with Crippen molar-refractivity contribution in [3.8, 4) is 5.75 Å². The molecule has 0 unspecified atom stereocenters. The number of hydrogen-bond acceptors (Lipinski definition) is 3. The van der Waals surface area contributed by atoms with Crippen LogP contribution in [0, 0.1) is 13.8 Å². The third-order valence-corrected chi connectivity index (χ3v) is 3.27. The van der Waals surface area contributed by atoms with Crippen LogP contribution in [0.2, 0.25) is 0 Å². The Bertz CT molecular complexity index is 653. The second-order valence-corrected chi connectivity index (χ2v) is 5.07. The minimum atomic E-state index is -2.86. The molecule has 6 heteroatoms. The predicted molar refractivity (Wildman–Crippen MR) is 86.1 cm³/mol. The largest absolute Gasteiger partial charge is 0.435 e. The first-order valence-corrected chi connectivity index (χ1v) is 7.10. The molecule has 0 aliphatic carbocycles. The van der Waals surface area contributed by atoms with Crippen LogP contribution in [0.25, 0.3) is 0 Å². The molecule has 23 heavy (non-hydrogen) atoms. The quantitative estimate of drug-likeness (QED) is 0.847. The third-order valence-electron chi connectivity index (χ3n) is 3.27. The molecule has 0 atom stereocenters. The van der Waals surface area contributed by atoms with Gasteiger partial charge in [-0.25, -0.2) is 0 Å². The molecule has 4 nitrogen and oxygen atoms in total. The van der Waals surface area contributed by atoms with Gasteiger partial charge in [0.1, 0.15) is 5.75 Å². The number of para-hydroxylation sites is 1. The van der Waals surface area contributed by atoms with Gasteiger partial charge in [-0.2, -0.15) is 8.78 Å². The number of halogens is 2. The van der Waals surface area contributed by atoms with Gasteiger partial charge in [0.2, 0.25) is 5.91 Å². The fourth-order valence-corrected chi connectivity index (χ4v) is 2.19. The molecule has 0 heterocycles. The molecule has 0 aromatic heterocycles. The van der Waals surface area contributed by atoms with Gasteiger partial charge in [0.15, 0.2) is 0 Å². The summed E-state index contributed by atoms with van der Waals surface area (Å²) in [6, 6.07) is 11.7. The van der Waals surface area contributed by atoms with Crippen LogP contribution in [0.3, 0.4) is 0 Å². The highest BCUT2D eigenvalue weighted by Crippen LogP contribution is 2.20. The highest BCUT2D eigenvalue weighted by molar-refractivity contribution is 5.94. The summed E-state index contributed by atoms with van der Waals surface area (Å²) in [6.07, 6.45) is 0. The zero-order chi connectivity index (χ0) is 16.8. The van der Waals surface area contributed by atoms with E-state index in [1.165, 1.54) is 24.3 Å². The van der Waals surface area contributed by atoms with Gasteiger partial charge < -0.3 is 15.4 Å². The van der Waals surface area contributed by atoms with E-state index in [1.807, 2.05) is 32.0 Å².